The molecule has 3 aromatic carbocycles. The quantitative estimate of drug-likeness (QED) is 0.412. The second-order valence-corrected chi connectivity index (χ2v) is 7.50. The molecule has 0 unspecified atom stereocenters. The minimum atomic E-state index is -0.341. The first-order chi connectivity index (χ1) is 14.2. The molecular formula is C23H17FN4S. The molecule has 0 atom stereocenters. The van der Waals surface area contributed by atoms with E-state index in [0.717, 1.165) is 16.8 Å². The Kier molecular flexibility index (Phi) is 5.41. The Labute approximate surface area is 172 Å². The van der Waals surface area contributed by atoms with Gasteiger partial charge < -0.3 is 0 Å². The Balaban J connectivity index is 1.75. The van der Waals surface area contributed by atoms with Gasteiger partial charge in [0.1, 0.15) is 5.82 Å². The van der Waals surface area contributed by atoms with Crippen molar-refractivity contribution in [3.63, 3.8) is 0 Å². The lowest BCUT2D eigenvalue weighted by molar-refractivity contribution is 0.629. The van der Waals surface area contributed by atoms with Crippen LogP contribution >= 0.6 is 11.8 Å². The Morgan fingerprint density at radius 2 is 1.79 bits per heavy atom. The number of rotatable bonds is 5. The summed E-state index contributed by atoms with van der Waals surface area (Å²) in [5, 5.41) is 18.4. The second-order valence-electron chi connectivity index (χ2n) is 6.56. The zero-order valence-electron chi connectivity index (χ0n) is 15.7. The average molecular weight is 400 g/mol. The van der Waals surface area contributed by atoms with Gasteiger partial charge in [0, 0.05) is 11.4 Å². The van der Waals surface area contributed by atoms with Gasteiger partial charge >= 0.3 is 0 Å². The summed E-state index contributed by atoms with van der Waals surface area (Å²) in [5.74, 6) is 0.739. The third kappa shape index (κ3) is 4.05. The van der Waals surface area contributed by atoms with Crippen molar-refractivity contribution in [2.24, 2.45) is 0 Å². The van der Waals surface area contributed by atoms with Crippen molar-refractivity contribution in [1.82, 2.24) is 14.8 Å². The Bertz CT molecular complexity index is 1190. The summed E-state index contributed by atoms with van der Waals surface area (Å²) >= 11 is 1.50. The highest BCUT2D eigenvalue weighted by atomic mass is 32.2. The van der Waals surface area contributed by atoms with Crippen LogP contribution in [0.15, 0.2) is 78.0 Å². The van der Waals surface area contributed by atoms with Crippen molar-refractivity contribution in [1.29, 1.82) is 5.26 Å². The Hall–Kier alpha value is -3.43. The number of halogens is 1. The maximum absolute atomic E-state index is 14.5. The normalized spacial score (nSPS) is 10.7. The molecule has 0 spiro atoms. The highest BCUT2D eigenvalue weighted by molar-refractivity contribution is 7.98. The van der Waals surface area contributed by atoms with E-state index in [1.807, 2.05) is 54.0 Å². The molecule has 0 bridgehead atoms. The monoisotopic (exact) mass is 400 g/mol. The van der Waals surface area contributed by atoms with Crippen LogP contribution in [0.4, 0.5) is 4.39 Å². The molecule has 4 aromatic rings. The van der Waals surface area contributed by atoms with E-state index in [0.29, 0.717) is 27.9 Å². The first kappa shape index (κ1) is 18.9. The largest absolute Gasteiger partial charge is 0.270 e. The molecule has 29 heavy (non-hydrogen) atoms. The second kappa shape index (κ2) is 8.29. The topological polar surface area (TPSA) is 54.5 Å². The van der Waals surface area contributed by atoms with Crippen molar-refractivity contribution < 1.29 is 4.39 Å². The molecule has 1 heterocycles. The number of thioether (sulfide) groups is 1. The molecule has 4 rings (SSSR count). The number of nitrogens with zero attached hydrogens (tertiary/aromatic N) is 4. The fourth-order valence-corrected chi connectivity index (χ4v) is 3.88. The maximum atomic E-state index is 14.5. The van der Waals surface area contributed by atoms with Gasteiger partial charge in [0.2, 0.25) is 0 Å². The summed E-state index contributed by atoms with van der Waals surface area (Å²) in [4.78, 5) is 0. The summed E-state index contributed by atoms with van der Waals surface area (Å²) in [6, 6.07) is 24.2. The van der Waals surface area contributed by atoms with Crippen LogP contribution in [0.25, 0.3) is 17.1 Å². The van der Waals surface area contributed by atoms with Crippen LogP contribution in [0.3, 0.4) is 0 Å². The van der Waals surface area contributed by atoms with Gasteiger partial charge in [0.15, 0.2) is 11.0 Å². The highest BCUT2D eigenvalue weighted by Crippen LogP contribution is 2.31. The molecule has 0 aliphatic heterocycles. The van der Waals surface area contributed by atoms with E-state index in [1.165, 1.54) is 17.8 Å². The fraction of sp³-hybridized carbons (Fsp3) is 0.0870. The molecule has 0 saturated carbocycles. The number of hydrogen-bond donors (Lipinski definition) is 0. The standard InChI is InChI=1S/C23H17FN4S/c1-16-9-11-19(12-10-16)28-22(20-7-2-3-8-21(20)24)26-27-23(28)29-15-18-6-4-5-17(13-18)14-25/h2-13H,15H2,1H3. The van der Waals surface area contributed by atoms with E-state index in [1.54, 1.807) is 24.3 Å². The number of aryl methyl sites for hydroxylation is 1. The van der Waals surface area contributed by atoms with Crippen LogP contribution in [0.5, 0.6) is 0 Å². The molecule has 0 amide bonds. The SMILES string of the molecule is Cc1ccc(-n2c(SCc3cccc(C#N)c3)nnc2-c2ccccc2F)cc1. The van der Waals surface area contributed by atoms with E-state index in [2.05, 4.69) is 16.3 Å². The third-order valence-electron chi connectivity index (χ3n) is 4.46. The first-order valence-electron chi connectivity index (χ1n) is 9.05. The molecule has 0 N–H and O–H groups in total. The predicted molar refractivity (Wildman–Crippen MR) is 112 cm³/mol. The zero-order chi connectivity index (χ0) is 20.2. The molecule has 0 aliphatic carbocycles. The molecule has 0 saturated heterocycles. The molecule has 6 heteroatoms. The number of nitriles is 1. The van der Waals surface area contributed by atoms with E-state index >= 15 is 0 Å². The van der Waals surface area contributed by atoms with Crippen molar-refractivity contribution in [2.45, 2.75) is 17.8 Å². The molecule has 0 fully saturated rings. The average Bonchev–Trinajstić information content (AvgIpc) is 3.17. The van der Waals surface area contributed by atoms with Gasteiger partial charge in [0.05, 0.1) is 17.2 Å². The molecular weight excluding hydrogens is 383 g/mol. The molecule has 4 nitrogen and oxygen atoms in total. The Morgan fingerprint density at radius 3 is 2.55 bits per heavy atom. The number of benzene rings is 3. The van der Waals surface area contributed by atoms with Gasteiger partial charge in [-0.3, -0.25) is 4.57 Å². The van der Waals surface area contributed by atoms with Crippen molar-refractivity contribution in [3.8, 4) is 23.1 Å². The third-order valence-corrected chi connectivity index (χ3v) is 5.46. The van der Waals surface area contributed by atoms with Gasteiger partial charge in [-0.1, -0.05) is 53.7 Å². The number of hydrogen-bond acceptors (Lipinski definition) is 4. The number of aromatic nitrogens is 3. The zero-order valence-corrected chi connectivity index (χ0v) is 16.5. The van der Waals surface area contributed by atoms with Crippen LogP contribution in [0.1, 0.15) is 16.7 Å². The van der Waals surface area contributed by atoms with Crippen LogP contribution in [0, 0.1) is 24.1 Å². The van der Waals surface area contributed by atoms with Gasteiger partial charge in [-0.15, -0.1) is 10.2 Å². The van der Waals surface area contributed by atoms with Gasteiger partial charge in [0.25, 0.3) is 0 Å². The van der Waals surface area contributed by atoms with Crippen LogP contribution in [0.2, 0.25) is 0 Å². The van der Waals surface area contributed by atoms with E-state index in [-0.39, 0.29) is 5.82 Å². The molecule has 0 aliphatic rings. The van der Waals surface area contributed by atoms with E-state index < -0.39 is 0 Å². The maximum Gasteiger partial charge on any atom is 0.196 e. The van der Waals surface area contributed by atoms with Crippen molar-refractivity contribution in [3.05, 3.63) is 95.3 Å². The lowest BCUT2D eigenvalue weighted by Crippen LogP contribution is -2.01. The van der Waals surface area contributed by atoms with Crippen molar-refractivity contribution >= 4 is 11.8 Å². The fourth-order valence-electron chi connectivity index (χ4n) is 2.99. The minimum Gasteiger partial charge on any atom is -0.270 e. The van der Waals surface area contributed by atoms with Crippen LogP contribution in [-0.2, 0) is 5.75 Å². The summed E-state index contributed by atoms with van der Waals surface area (Å²) in [5.41, 5.74) is 4.04. The minimum absolute atomic E-state index is 0.341. The summed E-state index contributed by atoms with van der Waals surface area (Å²) in [7, 11) is 0. The predicted octanol–water partition coefficient (Wildman–Crippen LogP) is 5.55. The van der Waals surface area contributed by atoms with E-state index in [9.17, 15) is 4.39 Å². The van der Waals surface area contributed by atoms with Crippen molar-refractivity contribution in [2.75, 3.05) is 0 Å². The molecule has 1 aromatic heterocycles. The van der Waals surface area contributed by atoms with Crippen LogP contribution in [-0.4, -0.2) is 14.8 Å². The van der Waals surface area contributed by atoms with Gasteiger partial charge in [-0.2, -0.15) is 5.26 Å². The summed E-state index contributed by atoms with van der Waals surface area (Å²) in [6.07, 6.45) is 0. The Morgan fingerprint density at radius 1 is 1.00 bits per heavy atom. The van der Waals surface area contributed by atoms with Gasteiger partial charge in [-0.05, 0) is 48.9 Å². The highest BCUT2D eigenvalue weighted by Gasteiger charge is 2.18. The first-order valence-corrected chi connectivity index (χ1v) is 10.0. The molecule has 0 radical (unpaired) electrons. The lowest BCUT2D eigenvalue weighted by Gasteiger charge is -2.11. The van der Waals surface area contributed by atoms with Gasteiger partial charge in [-0.25, -0.2) is 4.39 Å². The smallest absolute Gasteiger partial charge is 0.196 e. The summed E-state index contributed by atoms with van der Waals surface area (Å²) < 4.78 is 16.3. The van der Waals surface area contributed by atoms with Crippen LogP contribution < -0.4 is 0 Å². The molecule has 142 valence electrons. The lowest BCUT2D eigenvalue weighted by atomic mass is 10.2. The van der Waals surface area contributed by atoms with E-state index in [4.69, 9.17) is 5.26 Å². The summed E-state index contributed by atoms with van der Waals surface area (Å²) in [6.45, 7) is 2.02.